The van der Waals surface area contributed by atoms with Crippen LogP contribution in [-0.4, -0.2) is 50.6 Å². The van der Waals surface area contributed by atoms with E-state index in [4.69, 9.17) is 9.84 Å². The molecule has 0 bridgehead atoms. The summed E-state index contributed by atoms with van der Waals surface area (Å²) in [7, 11) is -1.97. The van der Waals surface area contributed by atoms with E-state index in [0.29, 0.717) is 18.7 Å². The molecule has 0 radical (unpaired) electrons. The van der Waals surface area contributed by atoms with Crippen LogP contribution >= 0.6 is 0 Å². The van der Waals surface area contributed by atoms with Crippen LogP contribution in [0.3, 0.4) is 0 Å². The van der Waals surface area contributed by atoms with Gasteiger partial charge in [-0.2, -0.15) is 4.31 Å². The van der Waals surface area contributed by atoms with E-state index >= 15 is 0 Å². The molecule has 112 valence electrons. The summed E-state index contributed by atoms with van der Waals surface area (Å²) >= 11 is 0. The maximum Gasteiger partial charge on any atom is 0.335 e. The zero-order valence-electron chi connectivity index (χ0n) is 11.6. The van der Waals surface area contributed by atoms with Gasteiger partial charge in [-0.15, -0.1) is 0 Å². The Kier molecular flexibility index (Phi) is 6.12. The van der Waals surface area contributed by atoms with Gasteiger partial charge in [-0.25, -0.2) is 13.2 Å². The Balaban J connectivity index is 2.89. The molecule has 0 aliphatic heterocycles. The van der Waals surface area contributed by atoms with Crippen molar-refractivity contribution < 1.29 is 23.1 Å². The first kappa shape index (κ1) is 16.6. The summed E-state index contributed by atoms with van der Waals surface area (Å²) in [5, 5.41) is 8.90. The van der Waals surface area contributed by atoms with Crippen LogP contribution in [0.1, 0.15) is 22.8 Å². The number of likely N-dealkylation sites (N-methyl/N-ethyl adjacent to an activating group) is 1. The van der Waals surface area contributed by atoms with Gasteiger partial charge in [0.2, 0.25) is 10.0 Å². The van der Waals surface area contributed by atoms with Crippen LogP contribution in [0.5, 0.6) is 0 Å². The summed E-state index contributed by atoms with van der Waals surface area (Å²) in [5.41, 5.74) is 0.540. The summed E-state index contributed by atoms with van der Waals surface area (Å²) in [6.07, 6.45) is 0. The molecule has 0 unspecified atom stereocenters. The molecule has 6 nitrogen and oxygen atoms in total. The predicted molar refractivity (Wildman–Crippen MR) is 75.1 cm³/mol. The van der Waals surface area contributed by atoms with Crippen LogP contribution in [-0.2, 0) is 20.5 Å². The Morgan fingerprint density at radius 3 is 2.65 bits per heavy atom. The molecular weight excluding hydrogens is 282 g/mol. The molecule has 1 rings (SSSR count). The molecule has 0 heterocycles. The molecule has 7 heteroatoms. The fraction of sp³-hybridized carbons (Fsp3) is 0.462. The minimum atomic E-state index is -3.48. The number of carboxylic acids is 1. The van der Waals surface area contributed by atoms with Crippen molar-refractivity contribution in [2.75, 3.05) is 26.8 Å². The van der Waals surface area contributed by atoms with Gasteiger partial charge in [0.25, 0.3) is 0 Å². The number of benzene rings is 1. The van der Waals surface area contributed by atoms with Crippen molar-refractivity contribution in [3.05, 3.63) is 35.4 Å². The fourth-order valence-electron chi connectivity index (χ4n) is 1.78. The molecule has 20 heavy (non-hydrogen) atoms. The van der Waals surface area contributed by atoms with E-state index in [2.05, 4.69) is 0 Å². The van der Waals surface area contributed by atoms with Gasteiger partial charge in [0.15, 0.2) is 0 Å². The minimum Gasteiger partial charge on any atom is -0.478 e. The molecule has 0 saturated carbocycles. The molecule has 1 N–H and O–H groups in total. The highest BCUT2D eigenvalue weighted by Crippen LogP contribution is 2.13. The van der Waals surface area contributed by atoms with Gasteiger partial charge in [-0.05, 0) is 17.7 Å². The second kappa shape index (κ2) is 7.37. The lowest BCUT2D eigenvalue weighted by atomic mass is 10.1. The second-order valence-corrected chi connectivity index (χ2v) is 6.22. The molecule has 0 amide bonds. The molecule has 0 fully saturated rings. The third kappa shape index (κ3) is 4.59. The van der Waals surface area contributed by atoms with Gasteiger partial charge >= 0.3 is 5.97 Å². The van der Waals surface area contributed by atoms with Crippen LogP contribution in [0.2, 0.25) is 0 Å². The van der Waals surface area contributed by atoms with Gasteiger partial charge in [0.1, 0.15) is 0 Å². The first-order chi connectivity index (χ1) is 9.40. The van der Waals surface area contributed by atoms with Crippen LogP contribution in [0.25, 0.3) is 0 Å². The summed E-state index contributed by atoms with van der Waals surface area (Å²) in [5.74, 6) is -1.29. The standard InChI is InChI=1S/C13H19NO5S/c1-3-14(7-8-19-2)20(17,18)10-11-5-4-6-12(9-11)13(15)16/h4-6,9H,3,7-8,10H2,1-2H3,(H,15,16). The first-order valence-corrected chi connectivity index (χ1v) is 7.80. The van der Waals surface area contributed by atoms with Gasteiger partial charge < -0.3 is 9.84 Å². The van der Waals surface area contributed by atoms with E-state index in [0.717, 1.165) is 0 Å². The van der Waals surface area contributed by atoms with Crippen LogP contribution in [0.15, 0.2) is 24.3 Å². The lowest BCUT2D eigenvalue weighted by molar-refractivity contribution is 0.0696. The molecule has 0 aliphatic rings. The number of methoxy groups -OCH3 is 1. The van der Waals surface area contributed by atoms with Crippen molar-refractivity contribution in [1.29, 1.82) is 0 Å². The number of hydrogen-bond acceptors (Lipinski definition) is 4. The fourth-order valence-corrected chi connectivity index (χ4v) is 3.31. The zero-order chi connectivity index (χ0) is 15.2. The van der Waals surface area contributed by atoms with E-state index < -0.39 is 16.0 Å². The van der Waals surface area contributed by atoms with Gasteiger partial charge in [-0.3, -0.25) is 0 Å². The number of rotatable bonds is 8. The number of carboxylic acid groups (broad SMARTS) is 1. The summed E-state index contributed by atoms with van der Waals surface area (Å²) < 4.78 is 30.7. The Hall–Kier alpha value is -1.44. The smallest absolute Gasteiger partial charge is 0.335 e. The first-order valence-electron chi connectivity index (χ1n) is 6.19. The Morgan fingerprint density at radius 1 is 1.40 bits per heavy atom. The maximum absolute atomic E-state index is 12.2. The zero-order valence-corrected chi connectivity index (χ0v) is 12.4. The monoisotopic (exact) mass is 301 g/mol. The lowest BCUT2D eigenvalue weighted by Gasteiger charge is -2.20. The molecule has 1 aromatic rings. The number of nitrogens with zero attached hydrogens (tertiary/aromatic N) is 1. The highest BCUT2D eigenvalue weighted by Gasteiger charge is 2.21. The van der Waals surface area contributed by atoms with Crippen molar-refractivity contribution in [2.45, 2.75) is 12.7 Å². The second-order valence-electron chi connectivity index (χ2n) is 4.25. The van der Waals surface area contributed by atoms with Gasteiger partial charge in [0.05, 0.1) is 17.9 Å². The minimum absolute atomic E-state index is 0.0811. The average molecular weight is 301 g/mol. The molecule has 0 atom stereocenters. The van der Waals surface area contributed by atoms with E-state index in [9.17, 15) is 13.2 Å². The SMILES string of the molecule is CCN(CCOC)S(=O)(=O)Cc1cccc(C(=O)O)c1. The maximum atomic E-state index is 12.2. The third-order valence-electron chi connectivity index (χ3n) is 2.81. The number of carbonyl (C=O) groups is 1. The van der Waals surface area contributed by atoms with E-state index in [1.807, 2.05) is 0 Å². The van der Waals surface area contributed by atoms with Gasteiger partial charge in [0, 0.05) is 20.2 Å². The van der Waals surface area contributed by atoms with Crippen LogP contribution in [0, 0.1) is 0 Å². The Morgan fingerprint density at radius 2 is 2.10 bits per heavy atom. The van der Waals surface area contributed by atoms with Crippen LogP contribution < -0.4 is 0 Å². The highest BCUT2D eigenvalue weighted by molar-refractivity contribution is 7.88. The molecule has 0 saturated heterocycles. The largest absolute Gasteiger partial charge is 0.478 e. The molecule has 0 aliphatic carbocycles. The molecular formula is C13H19NO5S. The number of hydrogen-bond donors (Lipinski definition) is 1. The van der Waals surface area contributed by atoms with Crippen LogP contribution in [0.4, 0.5) is 0 Å². The van der Waals surface area contributed by atoms with E-state index in [-0.39, 0.29) is 17.9 Å². The Labute approximate surface area is 119 Å². The molecule has 0 aromatic heterocycles. The predicted octanol–water partition coefficient (Wildman–Crippen LogP) is 1.18. The number of aromatic carboxylic acids is 1. The number of ether oxygens (including phenoxy) is 1. The molecule has 1 aromatic carbocycles. The van der Waals surface area contributed by atoms with Crippen molar-refractivity contribution in [1.82, 2.24) is 4.31 Å². The quantitative estimate of drug-likeness (QED) is 0.779. The Bertz CT molecular complexity index is 556. The van der Waals surface area contributed by atoms with E-state index in [1.54, 1.807) is 19.1 Å². The van der Waals surface area contributed by atoms with Crippen molar-refractivity contribution in [3.8, 4) is 0 Å². The van der Waals surface area contributed by atoms with Crippen molar-refractivity contribution >= 4 is 16.0 Å². The third-order valence-corrected chi connectivity index (χ3v) is 4.74. The van der Waals surface area contributed by atoms with Crippen molar-refractivity contribution in [2.24, 2.45) is 0 Å². The summed E-state index contributed by atoms with van der Waals surface area (Å²) in [6.45, 7) is 2.71. The lowest BCUT2D eigenvalue weighted by Crippen LogP contribution is -2.34. The van der Waals surface area contributed by atoms with Crippen molar-refractivity contribution in [3.63, 3.8) is 0 Å². The normalized spacial score (nSPS) is 11.8. The summed E-state index contributed by atoms with van der Waals surface area (Å²) in [4.78, 5) is 10.9. The topological polar surface area (TPSA) is 83.9 Å². The highest BCUT2D eigenvalue weighted by atomic mass is 32.2. The summed E-state index contributed by atoms with van der Waals surface area (Å²) in [6, 6.07) is 5.96. The van der Waals surface area contributed by atoms with Gasteiger partial charge in [-0.1, -0.05) is 19.1 Å². The van der Waals surface area contributed by atoms with E-state index in [1.165, 1.54) is 23.5 Å². The average Bonchev–Trinajstić information content (AvgIpc) is 2.39. The molecule has 0 spiro atoms. The number of sulfonamides is 1.